The number of benzene rings is 2. The molecule has 0 radical (unpaired) electrons. The number of nitro benzene ring substituents is 1. The number of nitrogens with one attached hydrogen (secondary N) is 2. The first-order valence-corrected chi connectivity index (χ1v) is 7.70. The van der Waals surface area contributed by atoms with Crippen LogP contribution in [0, 0.1) is 17.0 Å². The van der Waals surface area contributed by atoms with Crippen LogP contribution >= 0.6 is 28.1 Å². The third-order valence-electron chi connectivity index (χ3n) is 2.94. The molecule has 0 heterocycles. The first-order valence-electron chi connectivity index (χ1n) is 6.50. The first kappa shape index (κ1) is 17.0. The number of hydrogen-bond acceptors (Lipinski definition) is 4. The molecule has 0 bridgehead atoms. The summed E-state index contributed by atoms with van der Waals surface area (Å²) in [6, 6.07) is 11.6. The first-order chi connectivity index (χ1) is 10.9. The Labute approximate surface area is 146 Å². The van der Waals surface area contributed by atoms with Crippen molar-refractivity contribution in [2.45, 2.75) is 6.92 Å². The van der Waals surface area contributed by atoms with Crippen molar-refractivity contribution in [1.29, 1.82) is 0 Å². The third-order valence-corrected chi connectivity index (χ3v) is 3.84. The lowest BCUT2D eigenvalue weighted by molar-refractivity contribution is -0.383. The van der Waals surface area contributed by atoms with Crippen LogP contribution in [0.25, 0.3) is 0 Å². The van der Waals surface area contributed by atoms with E-state index in [0.717, 1.165) is 5.56 Å². The lowest BCUT2D eigenvalue weighted by Crippen LogP contribution is -2.34. The Kier molecular flexibility index (Phi) is 5.41. The highest BCUT2D eigenvalue weighted by atomic mass is 79.9. The van der Waals surface area contributed by atoms with Crippen LogP contribution in [0.2, 0.25) is 0 Å². The van der Waals surface area contributed by atoms with E-state index in [-0.39, 0.29) is 16.5 Å². The number of thiocarbonyl (C=S) groups is 1. The van der Waals surface area contributed by atoms with Crippen molar-refractivity contribution >= 4 is 50.5 Å². The summed E-state index contributed by atoms with van der Waals surface area (Å²) in [5, 5.41) is 16.2. The van der Waals surface area contributed by atoms with Crippen molar-refractivity contribution < 1.29 is 9.72 Å². The molecule has 2 aromatic carbocycles. The van der Waals surface area contributed by atoms with E-state index in [2.05, 4.69) is 26.6 Å². The Bertz CT molecular complexity index is 795. The van der Waals surface area contributed by atoms with Crippen LogP contribution in [-0.2, 0) is 0 Å². The molecule has 0 aliphatic heterocycles. The van der Waals surface area contributed by atoms with Crippen LogP contribution in [0.3, 0.4) is 0 Å². The highest BCUT2D eigenvalue weighted by Gasteiger charge is 2.16. The molecule has 0 aliphatic carbocycles. The van der Waals surface area contributed by atoms with Crippen LogP contribution in [0.5, 0.6) is 0 Å². The van der Waals surface area contributed by atoms with Gasteiger partial charge in [0.1, 0.15) is 5.69 Å². The summed E-state index contributed by atoms with van der Waals surface area (Å²) in [6.45, 7) is 1.75. The van der Waals surface area contributed by atoms with Gasteiger partial charge < -0.3 is 5.32 Å². The van der Waals surface area contributed by atoms with E-state index >= 15 is 0 Å². The molecule has 2 aromatic rings. The maximum atomic E-state index is 12.1. The van der Waals surface area contributed by atoms with Gasteiger partial charge in [-0.05, 0) is 58.8 Å². The molecule has 0 fully saturated rings. The molecule has 0 saturated carbocycles. The quantitative estimate of drug-likeness (QED) is 0.470. The lowest BCUT2D eigenvalue weighted by Gasteiger charge is -2.11. The van der Waals surface area contributed by atoms with E-state index in [1.807, 2.05) is 0 Å². The SMILES string of the molecule is Cc1ccc(NC(=S)NC(=O)c2ccccc2Br)c([N+](=O)[O-])c1. The minimum absolute atomic E-state index is 0.0160. The van der Waals surface area contributed by atoms with Crippen LogP contribution in [0.15, 0.2) is 46.9 Å². The second-order valence-corrected chi connectivity index (χ2v) is 5.93. The summed E-state index contributed by atoms with van der Waals surface area (Å²) in [5.41, 5.74) is 1.28. The van der Waals surface area contributed by atoms with E-state index in [1.165, 1.54) is 6.07 Å². The Morgan fingerprint density at radius 1 is 1.26 bits per heavy atom. The number of nitro groups is 1. The van der Waals surface area contributed by atoms with Crippen molar-refractivity contribution in [2.75, 3.05) is 5.32 Å². The van der Waals surface area contributed by atoms with Crippen LogP contribution < -0.4 is 10.6 Å². The predicted molar refractivity (Wildman–Crippen MR) is 95.7 cm³/mol. The fourth-order valence-electron chi connectivity index (χ4n) is 1.87. The number of halogens is 1. The fourth-order valence-corrected chi connectivity index (χ4v) is 2.54. The Hall–Kier alpha value is -2.32. The molecule has 6 nitrogen and oxygen atoms in total. The average Bonchev–Trinajstić information content (AvgIpc) is 2.49. The van der Waals surface area contributed by atoms with Gasteiger partial charge in [0.05, 0.1) is 10.5 Å². The average molecular weight is 394 g/mol. The Morgan fingerprint density at radius 2 is 1.96 bits per heavy atom. The lowest BCUT2D eigenvalue weighted by atomic mass is 10.2. The molecule has 2 rings (SSSR count). The van der Waals surface area contributed by atoms with Gasteiger partial charge in [0.25, 0.3) is 11.6 Å². The van der Waals surface area contributed by atoms with E-state index in [4.69, 9.17) is 12.2 Å². The number of hydrogen-bond donors (Lipinski definition) is 2. The number of anilines is 1. The summed E-state index contributed by atoms with van der Waals surface area (Å²) < 4.78 is 0.626. The predicted octanol–water partition coefficient (Wildman–Crippen LogP) is 3.79. The van der Waals surface area contributed by atoms with Crippen molar-refractivity contribution in [3.05, 3.63) is 68.2 Å². The summed E-state index contributed by atoms with van der Waals surface area (Å²) in [7, 11) is 0. The summed E-state index contributed by atoms with van der Waals surface area (Å²) >= 11 is 8.33. The van der Waals surface area contributed by atoms with Gasteiger partial charge in [0.2, 0.25) is 0 Å². The summed E-state index contributed by atoms with van der Waals surface area (Å²) in [4.78, 5) is 22.7. The van der Waals surface area contributed by atoms with Crippen molar-refractivity contribution in [2.24, 2.45) is 0 Å². The maximum absolute atomic E-state index is 12.1. The smallest absolute Gasteiger partial charge is 0.292 e. The number of nitrogens with zero attached hydrogens (tertiary/aromatic N) is 1. The van der Waals surface area contributed by atoms with Gasteiger partial charge in [-0.3, -0.25) is 20.2 Å². The number of amides is 1. The van der Waals surface area contributed by atoms with Gasteiger partial charge in [0.15, 0.2) is 5.11 Å². The molecule has 0 unspecified atom stereocenters. The summed E-state index contributed by atoms with van der Waals surface area (Å²) in [5.74, 6) is -0.412. The van der Waals surface area contributed by atoms with Gasteiger partial charge in [-0.15, -0.1) is 0 Å². The van der Waals surface area contributed by atoms with Gasteiger partial charge >= 0.3 is 0 Å². The maximum Gasteiger partial charge on any atom is 0.292 e. The van der Waals surface area contributed by atoms with Crippen molar-refractivity contribution in [3.63, 3.8) is 0 Å². The molecule has 23 heavy (non-hydrogen) atoms. The molecular formula is C15H12BrN3O3S. The number of carbonyl (C=O) groups is 1. The number of aryl methyl sites for hydroxylation is 1. The highest BCUT2D eigenvalue weighted by Crippen LogP contribution is 2.25. The molecule has 0 spiro atoms. The van der Waals surface area contributed by atoms with Crippen LogP contribution in [-0.4, -0.2) is 15.9 Å². The van der Waals surface area contributed by atoms with Gasteiger partial charge in [-0.1, -0.05) is 18.2 Å². The molecule has 0 atom stereocenters. The molecule has 2 N–H and O–H groups in total. The zero-order chi connectivity index (χ0) is 17.0. The third kappa shape index (κ3) is 4.33. The number of carbonyl (C=O) groups excluding carboxylic acids is 1. The minimum Gasteiger partial charge on any atom is -0.327 e. The van der Waals surface area contributed by atoms with E-state index < -0.39 is 10.8 Å². The normalized spacial score (nSPS) is 10.0. The van der Waals surface area contributed by atoms with Crippen molar-refractivity contribution in [1.82, 2.24) is 5.32 Å². The minimum atomic E-state index is -0.506. The van der Waals surface area contributed by atoms with E-state index in [0.29, 0.717) is 10.0 Å². The second kappa shape index (κ2) is 7.30. The largest absolute Gasteiger partial charge is 0.327 e. The zero-order valence-corrected chi connectivity index (χ0v) is 14.4. The van der Waals surface area contributed by atoms with E-state index in [9.17, 15) is 14.9 Å². The molecule has 118 valence electrons. The fraction of sp³-hybridized carbons (Fsp3) is 0.0667. The second-order valence-electron chi connectivity index (χ2n) is 4.67. The number of rotatable bonds is 3. The standard InChI is InChI=1S/C15H12BrN3O3S/c1-9-6-7-12(13(8-9)19(21)22)17-15(23)18-14(20)10-4-2-3-5-11(10)16/h2-8H,1H3,(H2,17,18,20,23). The zero-order valence-electron chi connectivity index (χ0n) is 12.0. The Morgan fingerprint density at radius 3 is 2.61 bits per heavy atom. The molecule has 1 amide bonds. The molecule has 0 aliphatic rings. The van der Waals surface area contributed by atoms with Gasteiger partial charge in [0, 0.05) is 10.5 Å². The van der Waals surface area contributed by atoms with Crippen LogP contribution in [0.4, 0.5) is 11.4 Å². The Balaban J connectivity index is 2.13. The molecule has 0 saturated heterocycles. The monoisotopic (exact) mass is 393 g/mol. The highest BCUT2D eigenvalue weighted by molar-refractivity contribution is 9.10. The van der Waals surface area contributed by atoms with Crippen LogP contribution in [0.1, 0.15) is 15.9 Å². The summed E-state index contributed by atoms with van der Waals surface area (Å²) in [6.07, 6.45) is 0. The molecular weight excluding hydrogens is 382 g/mol. The van der Waals surface area contributed by atoms with Crippen molar-refractivity contribution in [3.8, 4) is 0 Å². The topological polar surface area (TPSA) is 84.3 Å². The molecule has 0 aromatic heterocycles. The van der Waals surface area contributed by atoms with Gasteiger partial charge in [-0.25, -0.2) is 0 Å². The van der Waals surface area contributed by atoms with E-state index in [1.54, 1.807) is 43.3 Å². The molecule has 8 heteroatoms. The van der Waals surface area contributed by atoms with Gasteiger partial charge in [-0.2, -0.15) is 0 Å².